The minimum Gasteiger partial charge on any atom is -0.488 e. The molecule has 0 amide bonds. The highest BCUT2D eigenvalue weighted by Crippen LogP contribution is 2.34. The van der Waals surface area contributed by atoms with Gasteiger partial charge < -0.3 is 18.9 Å². The average molecular weight is 863 g/mol. The van der Waals surface area contributed by atoms with Crippen molar-refractivity contribution in [3.8, 4) is 22.6 Å². The predicted molar refractivity (Wildman–Crippen MR) is 218 cm³/mol. The molecule has 2 aliphatic heterocycles. The first-order valence-corrected chi connectivity index (χ1v) is 20.4. The summed E-state index contributed by atoms with van der Waals surface area (Å²) >= 11 is 7.46. The minimum atomic E-state index is -0.189. The van der Waals surface area contributed by atoms with Gasteiger partial charge in [-0.1, -0.05) is 61.4 Å². The number of hydrogen-bond acceptors (Lipinski definition) is 8. The predicted octanol–water partition coefficient (Wildman–Crippen LogP) is 9.71. The molecule has 0 radical (unpaired) electrons. The van der Waals surface area contributed by atoms with Crippen molar-refractivity contribution < 1.29 is 28.5 Å². The topological polar surface area (TPSA) is 77.5 Å². The maximum atomic E-state index is 12.4. The molecule has 4 aromatic carbocycles. The molecule has 2 atom stereocenters. The zero-order valence-electron chi connectivity index (χ0n) is 31.7. The number of rotatable bonds is 13. The molecule has 0 spiro atoms. The number of nitrogens with zero attached hydrogens (tertiary/aromatic N) is 2. The molecule has 10 heteroatoms. The maximum Gasteiger partial charge on any atom is 0.323 e. The molecule has 0 saturated carbocycles. The van der Waals surface area contributed by atoms with Gasteiger partial charge in [-0.2, -0.15) is 0 Å². The second kappa shape index (κ2) is 18.8. The molecule has 2 aliphatic rings. The van der Waals surface area contributed by atoms with E-state index in [1.807, 2.05) is 12.1 Å². The molecular weight excluding hydrogens is 812 g/mol. The van der Waals surface area contributed by atoms with Crippen molar-refractivity contribution in [1.29, 1.82) is 0 Å². The van der Waals surface area contributed by atoms with Crippen molar-refractivity contribution >= 4 is 43.8 Å². The molecule has 4 aromatic rings. The summed E-state index contributed by atoms with van der Waals surface area (Å²) in [5.41, 5.74) is 9.15. The third-order valence-electron chi connectivity index (χ3n) is 10.9. The Morgan fingerprint density at radius 1 is 0.630 bits per heavy atom. The number of likely N-dealkylation sites (tertiary alicyclic amines) is 2. The summed E-state index contributed by atoms with van der Waals surface area (Å²) < 4.78 is 24.6. The minimum absolute atomic E-state index is 0.155. The summed E-state index contributed by atoms with van der Waals surface area (Å²) in [6, 6.07) is 24.7. The Labute approximate surface area is 336 Å². The molecule has 2 fully saturated rings. The standard InChI is InChI=1S/C44H50Br2N2O6/c1-29-33(27-53-41-19-17-31(23-37(41)45)25-47-21-7-5-15-39(47)43(49)51-3)11-9-13-35(29)36-14-10-12-34(30(36)2)28-54-42-20-18-32(24-38(42)46)26-48-22-8-6-16-40(48)44(50)52-4/h9-14,17-20,23-24,39-40H,5-8,15-16,21-22,25-28H2,1-4H3/t39-,40-/m0/s1. The highest BCUT2D eigenvalue weighted by Gasteiger charge is 2.30. The van der Waals surface area contributed by atoms with Gasteiger partial charge in [0.2, 0.25) is 0 Å². The van der Waals surface area contributed by atoms with Crippen LogP contribution in [-0.4, -0.2) is 61.1 Å². The van der Waals surface area contributed by atoms with E-state index in [0.717, 1.165) is 94.3 Å². The molecule has 0 N–H and O–H groups in total. The molecule has 0 bridgehead atoms. The van der Waals surface area contributed by atoms with Crippen LogP contribution in [0.1, 0.15) is 71.9 Å². The van der Waals surface area contributed by atoms with E-state index in [2.05, 4.69) is 116 Å². The van der Waals surface area contributed by atoms with Crippen LogP contribution in [0.25, 0.3) is 11.1 Å². The molecule has 0 aromatic heterocycles. The Morgan fingerprint density at radius 3 is 1.44 bits per heavy atom. The zero-order valence-corrected chi connectivity index (χ0v) is 34.8. The molecular formula is C44H50Br2N2O6. The van der Waals surface area contributed by atoms with E-state index in [1.165, 1.54) is 36.5 Å². The van der Waals surface area contributed by atoms with Crippen LogP contribution in [0.4, 0.5) is 0 Å². The fourth-order valence-electron chi connectivity index (χ4n) is 7.73. The van der Waals surface area contributed by atoms with Gasteiger partial charge in [-0.3, -0.25) is 19.4 Å². The van der Waals surface area contributed by atoms with E-state index in [-0.39, 0.29) is 24.0 Å². The van der Waals surface area contributed by atoms with Gasteiger partial charge in [-0.25, -0.2) is 0 Å². The van der Waals surface area contributed by atoms with Crippen LogP contribution in [0.3, 0.4) is 0 Å². The van der Waals surface area contributed by atoms with Crippen molar-refractivity contribution in [3.05, 3.63) is 115 Å². The zero-order chi connectivity index (χ0) is 38.2. The second-order valence-corrected chi connectivity index (χ2v) is 16.0. The highest BCUT2D eigenvalue weighted by molar-refractivity contribution is 9.11. The lowest BCUT2D eigenvalue weighted by molar-refractivity contribution is -0.149. The first-order chi connectivity index (χ1) is 26.2. The summed E-state index contributed by atoms with van der Waals surface area (Å²) in [5, 5.41) is 0. The fraction of sp³-hybridized carbons (Fsp3) is 0.409. The van der Waals surface area contributed by atoms with Gasteiger partial charge in [-0.05, 0) is 153 Å². The van der Waals surface area contributed by atoms with Crippen LogP contribution in [0.15, 0.2) is 81.7 Å². The Balaban J connectivity index is 1.09. The smallest absolute Gasteiger partial charge is 0.323 e. The van der Waals surface area contributed by atoms with Crippen LogP contribution in [-0.2, 0) is 45.4 Å². The van der Waals surface area contributed by atoms with E-state index >= 15 is 0 Å². The van der Waals surface area contributed by atoms with Gasteiger partial charge in [0, 0.05) is 13.1 Å². The maximum absolute atomic E-state index is 12.4. The lowest BCUT2D eigenvalue weighted by Gasteiger charge is -2.33. The largest absolute Gasteiger partial charge is 0.488 e. The Kier molecular flexibility index (Phi) is 13.9. The fourth-order valence-corrected chi connectivity index (χ4v) is 8.81. The van der Waals surface area contributed by atoms with E-state index in [4.69, 9.17) is 18.9 Å². The summed E-state index contributed by atoms with van der Waals surface area (Å²) in [4.78, 5) is 29.1. The molecule has 2 heterocycles. The van der Waals surface area contributed by atoms with E-state index in [9.17, 15) is 9.59 Å². The van der Waals surface area contributed by atoms with Gasteiger partial charge in [0.25, 0.3) is 0 Å². The molecule has 8 nitrogen and oxygen atoms in total. The second-order valence-electron chi connectivity index (χ2n) is 14.3. The Morgan fingerprint density at radius 2 is 1.06 bits per heavy atom. The van der Waals surface area contributed by atoms with Crippen molar-refractivity contribution in [2.24, 2.45) is 0 Å². The summed E-state index contributed by atoms with van der Waals surface area (Å²) in [6.07, 6.45) is 5.92. The number of ether oxygens (including phenoxy) is 4. The average Bonchev–Trinajstić information content (AvgIpc) is 3.18. The summed E-state index contributed by atoms with van der Waals surface area (Å²) in [6.45, 7) is 8.31. The van der Waals surface area contributed by atoms with Crippen LogP contribution >= 0.6 is 31.9 Å². The molecule has 0 unspecified atom stereocenters. The van der Waals surface area contributed by atoms with Gasteiger partial charge in [0.05, 0.1) is 23.2 Å². The number of halogens is 2. The van der Waals surface area contributed by atoms with Gasteiger partial charge in [-0.15, -0.1) is 0 Å². The van der Waals surface area contributed by atoms with Crippen LogP contribution in [0.2, 0.25) is 0 Å². The molecule has 0 aliphatic carbocycles. The Bertz CT molecular complexity index is 1810. The molecule has 2 saturated heterocycles. The number of benzene rings is 4. The van der Waals surface area contributed by atoms with Crippen molar-refractivity contribution in [2.45, 2.75) is 90.8 Å². The van der Waals surface area contributed by atoms with Crippen LogP contribution in [0, 0.1) is 13.8 Å². The highest BCUT2D eigenvalue weighted by atomic mass is 79.9. The van der Waals surface area contributed by atoms with Gasteiger partial charge in [0.1, 0.15) is 36.8 Å². The number of carbonyl (C=O) groups excluding carboxylic acids is 2. The van der Waals surface area contributed by atoms with Crippen molar-refractivity contribution in [3.63, 3.8) is 0 Å². The summed E-state index contributed by atoms with van der Waals surface area (Å²) in [5.74, 6) is 1.24. The lowest BCUT2D eigenvalue weighted by Crippen LogP contribution is -2.44. The number of carbonyl (C=O) groups is 2. The number of piperidine rings is 2. The van der Waals surface area contributed by atoms with Crippen molar-refractivity contribution in [2.75, 3.05) is 27.3 Å². The first-order valence-electron chi connectivity index (χ1n) is 18.8. The summed E-state index contributed by atoms with van der Waals surface area (Å²) in [7, 11) is 2.93. The number of hydrogen-bond donors (Lipinski definition) is 0. The van der Waals surface area contributed by atoms with Crippen molar-refractivity contribution in [1.82, 2.24) is 9.80 Å². The van der Waals surface area contributed by atoms with E-state index < -0.39 is 0 Å². The normalized spacial score (nSPS) is 17.9. The quantitative estimate of drug-likeness (QED) is 0.123. The monoisotopic (exact) mass is 860 g/mol. The Hall–Kier alpha value is -3.70. The number of esters is 2. The van der Waals surface area contributed by atoms with E-state index in [0.29, 0.717) is 26.3 Å². The lowest BCUT2D eigenvalue weighted by atomic mass is 9.92. The van der Waals surface area contributed by atoms with E-state index in [1.54, 1.807) is 0 Å². The van der Waals surface area contributed by atoms with Crippen LogP contribution < -0.4 is 9.47 Å². The van der Waals surface area contributed by atoms with Gasteiger partial charge in [0.15, 0.2) is 0 Å². The molecule has 54 heavy (non-hydrogen) atoms. The van der Waals surface area contributed by atoms with Gasteiger partial charge >= 0.3 is 11.9 Å². The third kappa shape index (κ3) is 9.56. The third-order valence-corrected chi connectivity index (χ3v) is 12.1. The molecule has 286 valence electrons. The SMILES string of the molecule is COC(=O)[C@@H]1CCCCN1Cc1ccc(OCc2cccc(-c3cccc(COc4ccc(CN5CCCC[C@H]5C(=O)OC)cc4Br)c3C)c2C)c(Br)c1. The first kappa shape index (κ1) is 40.0. The number of methoxy groups -OCH3 is 2. The van der Waals surface area contributed by atoms with Crippen LogP contribution in [0.5, 0.6) is 11.5 Å². The molecule has 6 rings (SSSR count).